The van der Waals surface area contributed by atoms with E-state index in [4.69, 9.17) is 14.2 Å². The first-order valence-electron chi connectivity index (χ1n) is 10.7. The van der Waals surface area contributed by atoms with Gasteiger partial charge in [-0.3, -0.25) is 19.4 Å². The predicted molar refractivity (Wildman–Crippen MR) is 116 cm³/mol. The molecule has 1 aromatic rings. The van der Waals surface area contributed by atoms with Gasteiger partial charge in [-0.15, -0.1) is 0 Å². The molecule has 0 unspecified atom stereocenters. The first-order valence-corrected chi connectivity index (χ1v) is 10.7. The Kier molecular flexibility index (Phi) is 8.51. The highest BCUT2D eigenvalue weighted by Gasteiger charge is 2.24. The first-order chi connectivity index (χ1) is 15.0. The number of ether oxygens (including phenoxy) is 3. The van der Waals surface area contributed by atoms with Gasteiger partial charge in [0.15, 0.2) is 11.5 Å². The van der Waals surface area contributed by atoms with Crippen LogP contribution < -0.4 is 9.47 Å². The molecule has 31 heavy (non-hydrogen) atoms. The minimum absolute atomic E-state index is 0.0765. The van der Waals surface area contributed by atoms with Crippen molar-refractivity contribution in [3.8, 4) is 11.5 Å². The summed E-state index contributed by atoms with van der Waals surface area (Å²) < 4.78 is 15.9. The van der Waals surface area contributed by atoms with E-state index < -0.39 is 0 Å². The lowest BCUT2D eigenvalue weighted by atomic mass is 10.2. The molecular formula is C22H34N4O5. The van der Waals surface area contributed by atoms with Gasteiger partial charge < -0.3 is 24.0 Å². The van der Waals surface area contributed by atoms with Crippen LogP contribution in [0.5, 0.6) is 11.5 Å². The van der Waals surface area contributed by atoms with Crippen LogP contribution in [0.25, 0.3) is 0 Å². The second-order valence-electron chi connectivity index (χ2n) is 7.98. The van der Waals surface area contributed by atoms with Gasteiger partial charge in [-0.05, 0) is 17.7 Å². The number of carbonyl (C=O) groups excluding carboxylic acids is 2. The molecule has 0 bridgehead atoms. The molecular weight excluding hydrogens is 400 g/mol. The molecule has 0 aliphatic carbocycles. The molecule has 2 fully saturated rings. The lowest BCUT2D eigenvalue weighted by Gasteiger charge is -2.36. The molecule has 0 spiro atoms. The van der Waals surface area contributed by atoms with Crippen molar-refractivity contribution in [1.29, 1.82) is 0 Å². The fraction of sp³-hybridized carbons (Fsp3) is 0.636. The van der Waals surface area contributed by atoms with Gasteiger partial charge >= 0.3 is 0 Å². The molecule has 9 nitrogen and oxygen atoms in total. The number of carbonyl (C=O) groups is 2. The average Bonchev–Trinajstić information content (AvgIpc) is 2.80. The van der Waals surface area contributed by atoms with Crippen molar-refractivity contribution in [1.82, 2.24) is 19.6 Å². The van der Waals surface area contributed by atoms with Crippen LogP contribution in [0.1, 0.15) is 5.56 Å². The quantitative estimate of drug-likeness (QED) is 0.576. The van der Waals surface area contributed by atoms with Gasteiger partial charge in [-0.25, -0.2) is 0 Å². The van der Waals surface area contributed by atoms with E-state index in [2.05, 4.69) is 9.80 Å². The Hall–Kier alpha value is -2.36. The summed E-state index contributed by atoms with van der Waals surface area (Å²) in [6.45, 7) is 7.10. The second kappa shape index (κ2) is 11.3. The number of likely N-dealkylation sites (N-methyl/N-ethyl adjacent to an activating group) is 1. The predicted octanol–water partition coefficient (Wildman–Crippen LogP) is 0.139. The van der Waals surface area contributed by atoms with Gasteiger partial charge in [0.25, 0.3) is 0 Å². The monoisotopic (exact) mass is 434 g/mol. The number of morpholine rings is 1. The number of benzene rings is 1. The molecule has 0 N–H and O–H groups in total. The maximum Gasteiger partial charge on any atom is 0.236 e. The van der Waals surface area contributed by atoms with Crippen LogP contribution >= 0.6 is 0 Å². The normalized spacial score (nSPS) is 18.0. The molecule has 0 aromatic heterocycles. The fourth-order valence-electron chi connectivity index (χ4n) is 3.86. The zero-order valence-electron chi connectivity index (χ0n) is 18.8. The molecule has 0 saturated carbocycles. The van der Waals surface area contributed by atoms with Crippen molar-refractivity contribution in [2.24, 2.45) is 0 Å². The molecule has 2 amide bonds. The van der Waals surface area contributed by atoms with E-state index in [-0.39, 0.29) is 11.8 Å². The summed E-state index contributed by atoms with van der Waals surface area (Å²) in [4.78, 5) is 33.1. The molecule has 3 rings (SSSR count). The standard InChI is InChI=1S/C22H34N4O5/c1-23(15-18-4-5-19(29-2)20(14-18)30-3)21(27)16-24-6-8-25(9-7-24)17-22(28)26-10-12-31-13-11-26/h4-5,14H,6-13,15-17H2,1-3H3. The Morgan fingerprint density at radius 1 is 0.935 bits per heavy atom. The van der Waals surface area contributed by atoms with Crippen molar-refractivity contribution in [3.63, 3.8) is 0 Å². The summed E-state index contributed by atoms with van der Waals surface area (Å²) in [5.41, 5.74) is 0.986. The summed E-state index contributed by atoms with van der Waals surface area (Å²) >= 11 is 0. The Morgan fingerprint density at radius 3 is 2.16 bits per heavy atom. The zero-order chi connectivity index (χ0) is 22.2. The number of hydrogen-bond acceptors (Lipinski definition) is 7. The minimum atomic E-state index is 0.0765. The summed E-state index contributed by atoms with van der Waals surface area (Å²) in [5, 5.41) is 0. The number of amides is 2. The molecule has 172 valence electrons. The highest BCUT2D eigenvalue weighted by atomic mass is 16.5. The minimum Gasteiger partial charge on any atom is -0.493 e. The molecule has 1 aromatic carbocycles. The van der Waals surface area contributed by atoms with Gasteiger partial charge in [0.2, 0.25) is 11.8 Å². The van der Waals surface area contributed by atoms with E-state index in [1.807, 2.05) is 30.1 Å². The Bertz CT molecular complexity index is 745. The van der Waals surface area contributed by atoms with Crippen LogP contribution in [-0.4, -0.2) is 118 Å². The van der Waals surface area contributed by atoms with E-state index in [0.29, 0.717) is 57.4 Å². The van der Waals surface area contributed by atoms with E-state index in [1.54, 1.807) is 19.1 Å². The first kappa shape index (κ1) is 23.3. The third kappa shape index (κ3) is 6.56. The number of nitrogens with zero attached hydrogens (tertiary/aromatic N) is 4. The molecule has 2 heterocycles. The number of rotatable bonds is 8. The highest BCUT2D eigenvalue weighted by molar-refractivity contribution is 5.78. The van der Waals surface area contributed by atoms with Crippen LogP contribution in [-0.2, 0) is 20.9 Å². The average molecular weight is 435 g/mol. The van der Waals surface area contributed by atoms with Crippen molar-refractivity contribution < 1.29 is 23.8 Å². The smallest absolute Gasteiger partial charge is 0.236 e. The van der Waals surface area contributed by atoms with E-state index in [1.165, 1.54) is 0 Å². The number of hydrogen-bond donors (Lipinski definition) is 0. The fourth-order valence-corrected chi connectivity index (χ4v) is 3.86. The third-order valence-corrected chi connectivity index (χ3v) is 5.84. The van der Waals surface area contributed by atoms with E-state index in [9.17, 15) is 9.59 Å². The maximum atomic E-state index is 12.7. The zero-order valence-corrected chi connectivity index (χ0v) is 18.8. The van der Waals surface area contributed by atoms with Crippen LogP contribution in [0.15, 0.2) is 18.2 Å². The van der Waals surface area contributed by atoms with Crippen LogP contribution in [0, 0.1) is 0 Å². The number of piperazine rings is 1. The lowest BCUT2D eigenvalue weighted by molar-refractivity contribution is -0.137. The molecule has 0 atom stereocenters. The molecule has 9 heteroatoms. The second-order valence-corrected chi connectivity index (χ2v) is 7.98. The van der Waals surface area contributed by atoms with Gasteiger partial charge in [-0.1, -0.05) is 6.07 Å². The van der Waals surface area contributed by atoms with Crippen molar-refractivity contribution in [2.45, 2.75) is 6.54 Å². The maximum absolute atomic E-state index is 12.7. The molecule has 2 aliphatic rings. The largest absolute Gasteiger partial charge is 0.493 e. The Balaban J connectivity index is 1.41. The summed E-state index contributed by atoms with van der Waals surface area (Å²) in [7, 11) is 5.02. The van der Waals surface area contributed by atoms with Crippen LogP contribution in [0.3, 0.4) is 0 Å². The van der Waals surface area contributed by atoms with Gasteiger partial charge in [0.1, 0.15) is 0 Å². The van der Waals surface area contributed by atoms with E-state index in [0.717, 1.165) is 31.7 Å². The molecule has 2 aliphatic heterocycles. The number of methoxy groups -OCH3 is 2. The third-order valence-electron chi connectivity index (χ3n) is 5.84. The van der Waals surface area contributed by atoms with Crippen molar-refractivity contribution >= 4 is 11.8 Å². The summed E-state index contributed by atoms with van der Waals surface area (Å²) in [6, 6.07) is 5.69. The van der Waals surface area contributed by atoms with Crippen molar-refractivity contribution in [2.75, 3.05) is 86.8 Å². The van der Waals surface area contributed by atoms with Gasteiger partial charge in [0, 0.05) is 52.9 Å². The van der Waals surface area contributed by atoms with Crippen molar-refractivity contribution in [3.05, 3.63) is 23.8 Å². The van der Waals surface area contributed by atoms with Crippen LogP contribution in [0.4, 0.5) is 0 Å². The summed E-state index contributed by atoms with van der Waals surface area (Å²) in [5.74, 6) is 1.57. The SMILES string of the molecule is COc1ccc(CN(C)C(=O)CN2CCN(CC(=O)N3CCOCC3)CC2)cc1OC. The summed E-state index contributed by atoms with van der Waals surface area (Å²) in [6.07, 6.45) is 0. The van der Waals surface area contributed by atoms with Gasteiger partial charge in [0.05, 0.1) is 40.5 Å². The Labute approximate surface area is 184 Å². The Morgan fingerprint density at radius 2 is 1.55 bits per heavy atom. The topological polar surface area (TPSA) is 74.8 Å². The molecule has 0 radical (unpaired) electrons. The highest BCUT2D eigenvalue weighted by Crippen LogP contribution is 2.27. The van der Waals surface area contributed by atoms with Crippen LogP contribution in [0.2, 0.25) is 0 Å². The van der Waals surface area contributed by atoms with E-state index >= 15 is 0 Å². The molecule has 2 saturated heterocycles. The van der Waals surface area contributed by atoms with Gasteiger partial charge in [-0.2, -0.15) is 0 Å². The lowest BCUT2D eigenvalue weighted by Crippen LogP contribution is -2.53.